The van der Waals surface area contributed by atoms with Gasteiger partial charge >= 0.3 is 0 Å². The highest BCUT2D eigenvalue weighted by atomic mass is 16.5. The van der Waals surface area contributed by atoms with Crippen LogP contribution in [-0.4, -0.2) is 43.0 Å². The molecule has 1 fully saturated rings. The summed E-state index contributed by atoms with van der Waals surface area (Å²) in [6.45, 7) is 1.06. The lowest BCUT2D eigenvalue weighted by atomic mass is 9.76. The highest BCUT2D eigenvalue weighted by molar-refractivity contribution is 6.00. The Morgan fingerprint density at radius 1 is 1.14 bits per heavy atom. The molecule has 0 unspecified atom stereocenters. The highest BCUT2D eigenvalue weighted by Crippen LogP contribution is 2.43. The minimum absolute atomic E-state index is 0.177. The van der Waals surface area contributed by atoms with Crippen LogP contribution in [0.3, 0.4) is 0 Å². The van der Waals surface area contributed by atoms with Gasteiger partial charge in [-0.15, -0.1) is 0 Å². The average Bonchev–Trinajstić information content (AvgIpc) is 2.73. The Labute approximate surface area is 167 Å². The molecule has 1 spiro atoms. The fraction of sp³-hybridized carbons (Fsp3) is 0.458. The molecule has 1 aliphatic carbocycles. The van der Waals surface area contributed by atoms with E-state index in [-0.39, 0.29) is 11.4 Å². The second-order valence-corrected chi connectivity index (χ2v) is 8.19. The van der Waals surface area contributed by atoms with Gasteiger partial charge in [0.15, 0.2) is 5.78 Å². The maximum absolute atomic E-state index is 12.8. The van der Waals surface area contributed by atoms with Gasteiger partial charge in [0.05, 0.1) is 19.1 Å². The van der Waals surface area contributed by atoms with E-state index in [0.717, 1.165) is 38.6 Å². The third-order valence-electron chi connectivity index (χ3n) is 6.38. The fourth-order valence-corrected chi connectivity index (χ4v) is 4.58. The molecule has 2 aliphatic rings. The number of fused-ring (bicyclic) bond motifs is 1. The molecule has 4 heteroatoms. The Bertz CT molecular complexity index is 825. The van der Waals surface area contributed by atoms with Crippen molar-refractivity contribution in [1.82, 2.24) is 4.90 Å². The number of hydrogen-bond acceptors (Lipinski definition) is 4. The Morgan fingerprint density at radius 3 is 2.61 bits per heavy atom. The molecular formula is C24H29NO3. The van der Waals surface area contributed by atoms with Crippen molar-refractivity contribution in [3.05, 3.63) is 59.7 Å². The maximum Gasteiger partial charge on any atom is 0.170 e. The molecule has 2 aromatic rings. The summed E-state index contributed by atoms with van der Waals surface area (Å²) in [5.41, 5.74) is 1.72. The number of carbonyl (C=O) groups excluding carboxylic acids is 1. The summed E-state index contributed by atoms with van der Waals surface area (Å²) >= 11 is 0. The first-order chi connectivity index (χ1) is 13.6. The van der Waals surface area contributed by atoms with Gasteiger partial charge < -0.3 is 14.4 Å². The van der Waals surface area contributed by atoms with E-state index in [0.29, 0.717) is 29.5 Å². The van der Waals surface area contributed by atoms with E-state index in [4.69, 9.17) is 9.47 Å². The lowest BCUT2D eigenvalue weighted by Crippen LogP contribution is -2.48. The summed E-state index contributed by atoms with van der Waals surface area (Å²) in [6.07, 6.45) is 5.57. The van der Waals surface area contributed by atoms with Gasteiger partial charge in [-0.1, -0.05) is 30.3 Å². The zero-order valence-corrected chi connectivity index (χ0v) is 16.8. The first-order valence-electron chi connectivity index (χ1n) is 10.2. The number of hydrogen-bond donors (Lipinski definition) is 0. The number of ketones is 1. The van der Waals surface area contributed by atoms with Crippen molar-refractivity contribution in [2.24, 2.45) is 0 Å². The molecule has 1 saturated carbocycles. The second kappa shape index (κ2) is 7.96. The predicted molar refractivity (Wildman–Crippen MR) is 110 cm³/mol. The van der Waals surface area contributed by atoms with Crippen molar-refractivity contribution in [3.63, 3.8) is 0 Å². The largest absolute Gasteiger partial charge is 0.497 e. The molecule has 4 rings (SSSR count). The Morgan fingerprint density at radius 2 is 1.89 bits per heavy atom. The third-order valence-corrected chi connectivity index (χ3v) is 6.38. The minimum Gasteiger partial charge on any atom is -0.497 e. The van der Waals surface area contributed by atoms with Crippen LogP contribution in [0.2, 0.25) is 0 Å². The zero-order chi connectivity index (χ0) is 19.6. The van der Waals surface area contributed by atoms with Gasteiger partial charge in [0.25, 0.3) is 0 Å². The van der Waals surface area contributed by atoms with Gasteiger partial charge in [0.2, 0.25) is 0 Å². The van der Waals surface area contributed by atoms with Crippen LogP contribution in [0.5, 0.6) is 11.5 Å². The molecular weight excluding hydrogens is 350 g/mol. The summed E-state index contributed by atoms with van der Waals surface area (Å²) in [5.74, 6) is 1.60. The molecule has 0 N–H and O–H groups in total. The number of Topliss-reactive ketones (excluding diaryl/α,β-unsaturated/α-hetero) is 1. The lowest BCUT2D eigenvalue weighted by molar-refractivity contribution is -0.00537. The Hall–Kier alpha value is -2.33. The first kappa shape index (κ1) is 19.0. The monoisotopic (exact) mass is 379 g/mol. The molecule has 2 aromatic carbocycles. The minimum atomic E-state index is -0.324. The first-order valence-corrected chi connectivity index (χ1v) is 10.2. The third kappa shape index (κ3) is 3.93. The molecule has 0 aromatic heterocycles. The summed E-state index contributed by atoms with van der Waals surface area (Å²) in [6, 6.07) is 16.8. The van der Waals surface area contributed by atoms with Gasteiger partial charge in [0, 0.05) is 12.6 Å². The van der Waals surface area contributed by atoms with Crippen molar-refractivity contribution < 1.29 is 14.3 Å². The number of likely N-dealkylation sites (N-methyl/N-ethyl adjacent to an activating group) is 1. The molecule has 1 aliphatic heterocycles. The van der Waals surface area contributed by atoms with Crippen molar-refractivity contribution in [2.75, 3.05) is 20.7 Å². The standard InChI is InChI=1S/C24H29NO3/c1-25(15-12-18-6-4-3-5-7-18)19-10-13-24(14-11-19)17-22(26)21-16-20(27-2)8-9-23(21)28-24/h3-9,16,19H,10-15,17H2,1-2H3. The highest BCUT2D eigenvalue weighted by Gasteiger charge is 2.43. The van der Waals surface area contributed by atoms with Crippen LogP contribution in [-0.2, 0) is 6.42 Å². The average molecular weight is 380 g/mol. The molecule has 0 atom stereocenters. The van der Waals surface area contributed by atoms with E-state index in [1.54, 1.807) is 13.2 Å². The topological polar surface area (TPSA) is 38.8 Å². The molecule has 0 radical (unpaired) electrons. The van der Waals surface area contributed by atoms with Gasteiger partial charge in [-0.2, -0.15) is 0 Å². The Balaban J connectivity index is 1.36. The van der Waals surface area contributed by atoms with E-state index in [2.05, 4.69) is 42.3 Å². The molecule has 28 heavy (non-hydrogen) atoms. The van der Waals surface area contributed by atoms with Crippen LogP contribution in [0.4, 0.5) is 0 Å². The van der Waals surface area contributed by atoms with Crippen LogP contribution in [0.25, 0.3) is 0 Å². The van der Waals surface area contributed by atoms with E-state index in [9.17, 15) is 4.79 Å². The number of ether oxygens (including phenoxy) is 2. The van der Waals surface area contributed by atoms with Crippen molar-refractivity contribution in [1.29, 1.82) is 0 Å². The van der Waals surface area contributed by atoms with E-state index in [1.165, 1.54) is 5.56 Å². The zero-order valence-electron chi connectivity index (χ0n) is 16.8. The molecule has 148 valence electrons. The molecule has 0 saturated heterocycles. The number of rotatable bonds is 5. The maximum atomic E-state index is 12.8. The van der Waals surface area contributed by atoms with Crippen molar-refractivity contribution >= 4 is 5.78 Å². The van der Waals surface area contributed by atoms with E-state index < -0.39 is 0 Å². The normalized spacial score (nSPS) is 24.1. The van der Waals surface area contributed by atoms with Crippen molar-refractivity contribution in [2.45, 2.75) is 50.2 Å². The van der Waals surface area contributed by atoms with E-state index >= 15 is 0 Å². The summed E-state index contributed by atoms with van der Waals surface area (Å²) in [5, 5.41) is 0. The number of benzene rings is 2. The van der Waals surface area contributed by atoms with Crippen LogP contribution in [0.1, 0.15) is 48.0 Å². The summed E-state index contributed by atoms with van der Waals surface area (Å²) in [4.78, 5) is 15.2. The predicted octanol–water partition coefficient (Wildman–Crippen LogP) is 4.52. The molecule has 0 bridgehead atoms. The molecule has 4 nitrogen and oxygen atoms in total. The summed E-state index contributed by atoms with van der Waals surface area (Å²) in [7, 11) is 3.84. The fourth-order valence-electron chi connectivity index (χ4n) is 4.58. The molecule has 1 heterocycles. The molecule has 0 amide bonds. The number of carbonyl (C=O) groups is 1. The Kier molecular flexibility index (Phi) is 5.40. The van der Waals surface area contributed by atoms with Crippen LogP contribution >= 0.6 is 0 Å². The smallest absolute Gasteiger partial charge is 0.170 e. The quantitative estimate of drug-likeness (QED) is 0.766. The van der Waals surface area contributed by atoms with Crippen LogP contribution in [0, 0.1) is 0 Å². The number of methoxy groups -OCH3 is 1. The van der Waals surface area contributed by atoms with Gasteiger partial charge in [-0.05, 0) is 62.9 Å². The van der Waals surface area contributed by atoms with Crippen LogP contribution in [0.15, 0.2) is 48.5 Å². The van der Waals surface area contributed by atoms with Crippen LogP contribution < -0.4 is 9.47 Å². The van der Waals surface area contributed by atoms with Gasteiger partial charge in [0.1, 0.15) is 17.1 Å². The second-order valence-electron chi connectivity index (χ2n) is 8.19. The van der Waals surface area contributed by atoms with Gasteiger partial charge in [-0.3, -0.25) is 4.79 Å². The van der Waals surface area contributed by atoms with Gasteiger partial charge in [-0.25, -0.2) is 0 Å². The van der Waals surface area contributed by atoms with E-state index in [1.807, 2.05) is 12.1 Å². The number of nitrogens with zero attached hydrogens (tertiary/aromatic N) is 1. The van der Waals surface area contributed by atoms with Crippen molar-refractivity contribution in [3.8, 4) is 11.5 Å². The lowest BCUT2D eigenvalue weighted by Gasteiger charge is -2.44. The SMILES string of the molecule is COc1ccc2c(c1)C(=O)CC1(CCC(N(C)CCc3ccccc3)CC1)O2. The summed E-state index contributed by atoms with van der Waals surface area (Å²) < 4.78 is 11.6.